The number of fused-ring (bicyclic) bond motifs is 1. The molecule has 0 aromatic heterocycles. The second-order valence-corrected chi connectivity index (χ2v) is 8.93. The number of hydrogen-bond acceptors (Lipinski definition) is 4. The molecule has 0 amide bonds. The first-order valence-corrected chi connectivity index (χ1v) is 11.9. The van der Waals surface area contributed by atoms with E-state index in [9.17, 15) is 22.4 Å². The Morgan fingerprint density at radius 2 is 1.78 bits per heavy atom. The molecule has 0 fully saturated rings. The first kappa shape index (κ1) is 25.2. The standard InChI is InChI=1S/C29H24F4O4/c1-2-20-14-16-35-27(20)26(34)24-12-11-23(30)18-25(24)37-28(27,36-15-13-19-7-4-3-5-8-19)21-9-6-10-22(17-21)29(31,32)33/h3-12,14,17-18H,2,13,15-16H2,1H3/t27-,28+/m1/s1. The fraction of sp³-hybridized carbons (Fsp3) is 0.276. The van der Waals surface area contributed by atoms with E-state index in [1.165, 1.54) is 18.2 Å². The summed E-state index contributed by atoms with van der Waals surface area (Å²) in [6, 6.07) is 17.3. The van der Waals surface area contributed by atoms with E-state index in [4.69, 9.17) is 14.2 Å². The van der Waals surface area contributed by atoms with Crippen LogP contribution in [-0.4, -0.2) is 24.6 Å². The zero-order valence-corrected chi connectivity index (χ0v) is 20.0. The molecule has 0 bridgehead atoms. The van der Waals surface area contributed by atoms with Crippen LogP contribution in [0.2, 0.25) is 0 Å². The summed E-state index contributed by atoms with van der Waals surface area (Å²) in [7, 11) is 0. The lowest BCUT2D eigenvalue weighted by molar-refractivity contribution is -0.273. The molecule has 0 N–H and O–H groups in total. The summed E-state index contributed by atoms with van der Waals surface area (Å²) < 4.78 is 74.4. The van der Waals surface area contributed by atoms with E-state index in [0.29, 0.717) is 18.4 Å². The molecule has 1 spiro atoms. The number of benzene rings is 3. The van der Waals surface area contributed by atoms with Crippen LogP contribution in [0.3, 0.4) is 0 Å². The SMILES string of the molecule is CCC1=CCO[C@@]12C(=O)c1ccc(F)cc1O[C@@]2(OCCc1ccccc1)c1cccc(C(F)(F)F)c1. The first-order valence-electron chi connectivity index (χ1n) is 11.9. The van der Waals surface area contributed by atoms with Crippen molar-refractivity contribution in [3.63, 3.8) is 0 Å². The average molecular weight is 512 g/mol. The minimum Gasteiger partial charge on any atom is -0.453 e. The van der Waals surface area contributed by atoms with Gasteiger partial charge < -0.3 is 14.2 Å². The van der Waals surface area contributed by atoms with Crippen molar-refractivity contribution in [1.82, 2.24) is 0 Å². The molecule has 4 nitrogen and oxygen atoms in total. The Bertz CT molecular complexity index is 1350. The maximum Gasteiger partial charge on any atom is 0.416 e. The maximum absolute atomic E-state index is 14.3. The summed E-state index contributed by atoms with van der Waals surface area (Å²) >= 11 is 0. The van der Waals surface area contributed by atoms with Crippen molar-refractivity contribution in [2.45, 2.75) is 37.3 Å². The highest BCUT2D eigenvalue weighted by Crippen LogP contribution is 2.54. The second kappa shape index (κ2) is 9.43. The van der Waals surface area contributed by atoms with Crippen molar-refractivity contribution >= 4 is 5.78 Å². The van der Waals surface area contributed by atoms with Gasteiger partial charge in [0.1, 0.15) is 11.6 Å². The number of alkyl halides is 3. The van der Waals surface area contributed by atoms with Gasteiger partial charge in [0.2, 0.25) is 11.4 Å². The molecule has 5 rings (SSSR count). The molecule has 3 aromatic carbocycles. The summed E-state index contributed by atoms with van der Waals surface area (Å²) in [4.78, 5) is 14.2. The van der Waals surface area contributed by atoms with Gasteiger partial charge in [-0.1, -0.05) is 55.5 Å². The molecule has 3 aromatic rings. The molecule has 0 saturated heterocycles. The Hall–Kier alpha value is -3.49. The Morgan fingerprint density at radius 1 is 1.00 bits per heavy atom. The number of Topliss-reactive ketones (excluding diaryl/α,β-unsaturated/α-hetero) is 1. The minimum atomic E-state index is -4.66. The Kier molecular flexibility index (Phi) is 6.41. The molecule has 2 heterocycles. The highest BCUT2D eigenvalue weighted by Gasteiger charge is 2.68. The quantitative estimate of drug-likeness (QED) is 0.275. The third-order valence-electron chi connectivity index (χ3n) is 6.80. The molecule has 0 saturated carbocycles. The third kappa shape index (κ3) is 4.14. The third-order valence-corrected chi connectivity index (χ3v) is 6.80. The summed E-state index contributed by atoms with van der Waals surface area (Å²) in [6.45, 7) is 1.84. The number of carbonyl (C=O) groups is 1. The highest BCUT2D eigenvalue weighted by atomic mass is 19.4. The molecule has 0 radical (unpaired) electrons. The number of rotatable bonds is 6. The van der Waals surface area contributed by atoms with Crippen LogP contribution in [0.5, 0.6) is 5.75 Å². The Morgan fingerprint density at radius 3 is 2.51 bits per heavy atom. The van der Waals surface area contributed by atoms with Gasteiger partial charge in [-0.3, -0.25) is 4.79 Å². The summed E-state index contributed by atoms with van der Waals surface area (Å²) in [5.41, 5.74) is -1.38. The van der Waals surface area contributed by atoms with E-state index in [-0.39, 0.29) is 30.1 Å². The van der Waals surface area contributed by atoms with Crippen molar-refractivity contribution in [2.24, 2.45) is 0 Å². The van der Waals surface area contributed by atoms with Crippen LogP contribution in [0, 0.1) is 5.82 Å². The van der Waals surface area contributed by atoms with Crippen molar-refractivity contribution in [3.8, 4) is 5.75 Å². The molecule has 2 aliphatic rings. The highest BCUT2D eigenvalue weighted by molar-refractivity contribution is 6.09. The predicted octanol–water partition coefficient (Wildman–Crippen LogP) is 6.64. The number of halogens is 4. The molecule has 192 valence electrons. The van der Waals surface area contributed by atoms with Crippen LogP contribution in [0.25, 0.3) is 0 Å². The van der Waals surface area contributed by atoms with Crippen molar-refractivity contribution < 1.29 is 36.6 Å². The van der Waals surface area contributed by atoms with Crippen LogP contribution in [0.4, 0.5) is 17.6 Å². The molecule has 0 aliphatic carbocycles. The zero-order valence-electron chi connectivity index (χ0n) is 20.0. The van der Waals surface area contributed by atoms with E-state index in [1.807, 2.05) is 37.3 Å². The average Bonchev–Trinajstić information content (AvgIpc) is 3.32. The number of hydrogen-bond donors (Lipinski definition) is 0. The molecule has 2 atom stereocenters. The summed E-state index contributed by atoms with van der Waals surface area (Å²) in [5, 5.41) is 0. The van der Waals surface area contributed by atoms with Gasteiger partial charge in [-0.15, -0.1) is 0 Å². The largest absolute Gasteiger partial charge is 0.453 e. The van der Waals surface area contributed by atoms with E-state index in [1.54, 1.807) is 6.08 Å². The lowest BCUT2D eigenvalue weighted by Gasteiger charge is -2.50. The number of ketones is 1. The summed E-state index contributed by atoms with van der Waals surface area (Å²) in [6.07, 6.45) is -2.19. The lowest BCUT2D eigenvalue weighted by atomic mass is 9.73. The van der Waals surface area contributed by atoms with Gasteiger partial charge in [-0.25, -0.2) is 4.39 Å². The smallest absolute Gasteiger partial charge is 0.416 e. The van der Waals surface area contributed by atoms with Crippen molar-refractivity contribution in [2.75, 3.05) is 13.2 Å². The van der Waals surface area contributed by atoms with E-state index in [2.05, 4.69) is 0 Å². The Balaban J connectivity index is 1.72. The van der Waals surface area contributed by atoms with Gasteiger partial charge in [-0.05, 0) is 48.2 Å². The molecule has 37 heavy (non-hydrogen) atoms. The van der Waals surface area contributed by atoms with Gasteiger partial charge in [0.25, 0.3) is 5.79 Å². The number of ether oxygens (including phenoxy) is 3. The van der Waals surface area contributed by atoms with Gasteiger partial charge in [0.05, 0.1) is 24.3 Å². The van der Waals surface area contributed by atoms with Gasteiger partial charge >= 0.3 is 6.18 Å². The molecule has 8 heteroatoms. The van der Waals surface area contributed by atoms with Crippen LogP contribution >= 0.6 is 0 Å². The van der Waals surface area contributed by atoms with E-state index in [0.717, 1.165) is 29.8 Å². The van der Waals surface area contributed by atoms with Crippen LogP contribution in [0.1, 0.15) is 40.4 Å². The normalized spacial score (nSPS) is 23.1. The molecular formula is C29H24F4O4. The Labute approximate surface area is 211 Å². The topological polar surface area (TPSA) is 44.8 Å². The maximum atomic E-state index is 14.3. The fourth-order valence-electron chi connectivity index (χ4n) is 5.08. The van der Waals surface area contributed by atoms with Crippen LogP contribution in [-0.2, 0) is 27.9 Å². The van der Waals surface area contributed by atoms with Crippen molar-refractivity contribution in [1.29, 1.82) is 0 Å². The molecular weight excluding hydrogens is 488 g/mol. The number of carbonyl (C=O) groups excluding carboxylic acids is 1. The predicted molar refractivity (Wildman–Crippen MR) is 128 cm³/mol. The minimum absolute atomic E-state index is 0.0136. The first-order chi connectivity index (χ1) is 17.7. The van der Waals surface area contributed by atoms with Crippen LogP contribution in [0.15, 0.2) is 84.4 Å². The van der Waals surface area contributed by atoms with E-state index >= 15 is 0 Å². The fourth-order valence-corrected chi connectivity index (χ4v) is 5.08. The van der Waals surface area contributed by atoms with Gasteiger partial charge in [0.15, 0.2) is 0 Å². The second-order valence-electron chi connectivity index (χ2n) is 8.93. The van der Waals surface area contributed by atoms with Gasteiger partial charge in [0, 0.05) is 11.6 Å². The molecule has 2 aliphatic heterocycles. The monoisotopic (exact) mass is 512 g/mol. The van der Waals surface area contributed by atoms with Crippen LogP contribution < -0.4 is 4.74 Å². The summed E-state index contributed by atoms with van der Waals surface area (Å²) in [5.74, 6) is -3.49. The lowest BCUT2D eigenvalue weighted by Crippen LogP contribution is -2.65. The molecule has 0 unspecified atom stereocenters. The van der Waals surface area contributed by atoms with E-state index < -0.39 is 34.7 Å². The van der Waals surface area contributed by atoms with Gasteiger partial charge in [-0.2, -0.15) is 13.2 Å². The van der Waals surface area contributed by atoms with Crippen molar-refractivity contribution in [3.05, 3.63) is 113 Å². The zero-order chi connectivity index (χ0) is 26.3.